The van der Waals surface area contributed by atoms with E-state index in [-0.39, 0.29) is 38.5 Å². The third kappa shape index (κ3) is 5.28. The molecule has 0 saturated carbocycles. The number of methoxy groups -OCH3 is 1. The SMILES string of the molecule is COCCNC(=O)C1CN(c2ccc(C#N)c(C(F)(F)F)c2)CCN1C(=O)c1ccoc1C. The van der Waals surface area contributed by atoms with Gasteiger partial charge in [0.15, 0.2) is 0 Å². The number of nitrogens with one attached hydrogen (secondary N) is 1. The number of hydrogen-bond donors (Lipinski definition) is 1. The minimum Gasteiger partial charge on any atom is -0.469 e. The number of aryl methyl sites for hydroxylation is 1. The summed E-state index contributed by atoms with van der Waals surface area (Å²) in [5.74, 6) is -0.442. The lowest BCUT2D eigenvalue weighted by molar-refractivity contribution is -0.137. The maximum Gasteiger partial charge on any atom is 0.417 e. The molecule has 1 atom stereocenters. The normalized spacial score (nSPS) is 16.4. The molecule has 2 amide bonds. The van der Waals surface area contributed by atoms with Gasteiger partial charge < -0.3 is 24.3 Å². The van der Waals surface area contributed by atoms with Crippen LogP contribution >= 0.6 is 0 Å². The highest BCUT2D eigenvalue weighted by Crippen LogP contribution is 2.35. The number of ether oxygens (including phenoxy) is 1. The molecule has 1 aliphatic heterocycles. The number of rotatable bonds is 6. The van der Waals surface area contributed by atoms with Crippen molar-refractivity contribution in [2.24, 2.45) is 0 Å². The summed E-state index contributed by atoms with van der Waals surface area (Å²) >= 11 is 0. The Morgan fingerprint density at radius 2 is 2.06 bits per heavy atom. The molecule has 1 aromatic carbocycles. The fraction of sp³-hybridized carbons (Fsp3) is 0.409. The van der Waals surface area contributed by atoms with E-state index in [1.165, 1.54) is 30.4 Å². The first-order valence-electron chi connectivity index (χ1n) is 10.2. The summed E-state index contributed by atoms with van der Waals surface area (Å²) < 4.78 is 50.4. The zero-order valence-corrected chi connectivity index (χ0v) is 18.1. The summed E-state index contributed by atoms with van der Waals surface area (Å²) in [6.07, 6.45) is -3.32. The van der Waals surface area contributed by atoms with E-state index >= 15 is 0 Å². The van der Waals surface area contributed by atoms with Gasteiger partial charge in [0.1, 0.15) is 11.8 Å². The predicted molar refractivity (Wildman–Crippen MR) is 112 cm³/mol. The topological polar surface area (TPSA) is 98.8 Å². The summed E-state index contributed by atoms with van der Waals surface area (Å²) in [6, 6.07) is 5.53. The number of furan rings is 1. The molecule has 0 spiro atoms. The van der Waals surface area contributed by atoms with E-state index in [1.54, 1.807) is 17.9 Å². The quantitative estimate of drug-likeness (QED) is 0.660. The number of piperazine rings is 1. The Kier molecular flexibility index (Phi) is 7.28. The highest BCUT2D eigenvalue weighted by molar-refractivity contribution is 5.98. The van der Waals surface area contributed by atoms with Gasteiger partial charge in [-0.05, 0) is 31.2 Å². The van der Waals surface area contributed by atoms with E-state index in [0.717, 1.165) is 12.1 Å². The van der Waals surface area contributed by atoms with Crippen molar-refractivity contribution in [1.82, 2.24) is 10.2 Å². The number of nitriles is 1. The van der Waals surface area contributed by atoms with Crippen molar-refractivity contribution in [1.29, 1.82) is 5.26 Å². The van der Waals surface area contributed by atoms with E-state index in [1.807, 2.05) is 0 Å². The third-order valence-electron chi connectivity index (χ3n) is 5.43. The summed E-state index contributed by atoms with van der Waals surface area (Å²) in [5.41, 5.74) is -1.00. The number of carbonyl (C=O) groups excluding carboxylic acids is 2. The molecule has 0 aliphatic carbocycles. The zero-order valence-electron chi connectivity index (χ0n) is 18.1. The van der Waals surface area contributed by atoms with Crippen LogP contribution in [0.2, 0.25) is 0 Å². The van der Waals surface area contributed by atoms with Gasteiger partial charge in [-0.15, -0.1) is 0 Å². The second-order valence-corrected chi connectivity index (χ2v) is 7.47. The smallest absolute Gasteiger partial charge is 0.417 e. The first kappa shape index (κ1) is 24.1. The molecule has 2 heterocycles. The molecule has 1 aromatic heterocycles. The van der Waals surface area contributed by atoms with E-state index < -0.39 is 35.2 Å². The largest absolute Gasteiger partial charge is 0.469 e. The van der Waals surface area contributed by atoms with Crippen molar-refractivity contribution in [2.75, 3.05) is 44.8 Å². The van der Waals surface area contributed by atoms with Crippen LogP contribution in [0.15, 0.2) is 34.9 Å². The molecule has 2 aromatic rings. The third-order valence-corrected chi connectivity index (χ3v) is 5.43. The van der Waals surface area contributed by atoms with Crippen molar-refractivity contribution in [3.63, 3.8) is 0 Å². The molecule has 0 radical (unpaired) electrons. The predicted octanol–water partition coefficient (Wildman–Crippen LogP) is 2.57. The minimum atomic E-state index is -4.70. The van der Waals surface area contributed by atoms with Crippen molar-refractivity contribution in [3.8, 4) is 6.07 Å². The maximum absolute atomic E-state index is 13.4. The molecule has 1 saturated heterocycles. The van der Waals surface area contributed by atoms with Crippen LogP contribution in [0.1, 0.15) is 27.2 Å². The van der Waals surface area contributed by atoms with Gasteiger partial charge in [0, 0.05) is 39.0 Å². The maximum atomic E-state index is 13.4. The molecule has 33 heavy (non-hydrogen) atoms. The second kappa shape index (κ2) is 9.95. The number of hydrogen-bond acceptors (Lipinski definition) is 6. The van der Waals surface area contributed by atoms with Gasteiger partial charge in [-0.2, -0.15) is 18.4 Å². The van der Waals surface area contributed by atoms with E-state index in [9.17, 15) is 22.8 Å². The van der Waals surface area contributed by atoms with Crippen LogP contribution in [0.25, 0.3) is 0 Å². The van der Waals surface area contributed by atoms with Crippen LogP contribution in [-0.4, -0.2) is 62.7 Å². The number of anilines is 1. The van der Waals surface area contributed by atoms with Crippen molar-refractivity contribution in [3.05, 3.63) is 53.0 Å². The lowest BCUT2D eigenvalue weighted by Gasteiger charge is -2.41. The van der Waals surface area contributed by atoms with Gasteiger partial charge in [0.2, 0.25) is 5.91 Å². The van der Waals surface area contributed by atoms with Crippen LogP contribution in [0.3, 0.4) is 0 Å². The monoisotopic (exact) mass is 464 g/mol. The number of nitrogens with zero attached hydrogens (tertiary/aromatic N) is 3. The molecule has 176 valence electrons. The van der Waals surface area contributed by atoms with Gasteiger partial charge in [-0.3, -0.25) is 9.59 Å². The Labute approximate surface area is 188 Å². The minimum absolute atomic E-state index is 0.0232. The Morgan fingerprint density at radius 1 is 1.30 bits per heavy atom. The Hall–Kier alpha value is -3.52. The average Bonchev–Trinajstić information content (AvgIpc) is 3.23. The number of alkyl halides is 3. The van der Waals surface area contributed by atoms with Crippen LogP contribution in [0.5, 0.6) is 0 Å². The van der Waals surface area contributed by atoms with E-state index in [4.69, 9.17) is 14.4 Å². The van der Waals surface area contributed by atoms with Gasteiger partial charge in [0.25, 0.3) is 5.91 Å². The molecular formula is C22H23F3N4O4. The number of halogens is 3. The number of carbonyl (C=O) groups is 2. The first-order chi connectivity index (χ1) is 15.7. The lowest BCUT2D eigenvalue weighted by atomic mass is 10.0. The fourth-order valence-corrected chi connectivity index (χ4v) is 3.70. The molecule has 11 heteroatoms. The molecule has 1 aliphatic rings. The van der Waals surface area contributed by atoms with Gasteiger partial charge >= 0.3 is 6.18 Å². The molecule has 8 nitrogen and oxygen atoms in total. The van der Waals surface area contributed by atoms with Crippen molar-refractivity contribution >= 4 is 17.5 Å². The van der Waals surface area contributed by atoms with E-state index in [2.05, 4.69) is 5.32 Å². The fourth-order valence-electron chi connectivity index (χ4n) is 3.70. The standard InChI is InChI=1S/C22H23F3N4O4/c1-14-17(5-9-33-14)21(31)29-8-7-28(13-19(29)20(30)27-6-10-32-2)16-4-3-15(12-26)18(11-16)22(23,24)25/h3-5,9,11,19H,6-8,10,13H2,1-2H3,(H,27,30). The van der Waals surface area contributed by atoms with Crippen LogP contribution in [0, 0.1) is 18.3 Å². The molecule has 3 rings (SSSR count). The average molecular weight is 464 g/mol. The van der Waals surface area contributed by atoms with Gasteiger partial charge in [-0.1, -0.05) is 0 Å². The summed E-state index contributed by atoms with van der Waals surface area (Å²) in [7, 11) is 1.48. The number of benzene rings is 1. The molecule has 0 bridgehead atoms. The van der Waals surface area contributed by atoms with Crippen molar-refractivity contribution < 1.29 is 31.9 Å². The molecule has 1 N–H and O–H groups in total. The summed E-state index contributed by atoms with van der Waals surface area (Å²) in [4.78, 5) is 29.0. The van der Waals surface area contributed by atoms with Crippen LogP contribution < -0.4 is 10.2 Å². The van der Waals surface area contributed by atoms with Crippen LogP contribution in [-0.2, 0) is 15.7 Å². The number of amides is 2. The van der Waals surface area contributed by atoms with Crippen LogP contribution in [0.4, 0.5) is 18.9 Å². The lowest BCUT2D eigenvalue weighted by Crippen LogP contribution is -2.61. The summed E-state index contributed by atoms with van der Waals surface area (Å²) in [6.45, 7) is 2.40. The zero-order chi connectivity index (χ0) is 24.2. The molecular weight excluding hydrogens is 441 g/mol. The molecule has 1 unspecified atom stereocenters. The highest BCUT2D eigenvalue weighted by atomic mass is 19.4. The highest BCUT2D eigenvalue weighted by Gasteiger charge is 2.38. The van der Waals surface area contributed by atoms with E-state index in [0.29, 0.717) is 11.3 Å². The summed E-state index contributed by atoms with van der Waals surface area (Å²) in [5, 5.41) is 11.7. The Morgan fingerprint density at radius 3 is 2.67 bits per heavy atom. The van der Waals surface area contributed by atoms with Crippen molar-refractivity contribution in [2.45, 2.75) is 19.1 Å². The molecule has 1 fully saturated rings. The Bertz CT molecular complexity index is 1060. The van der Waals surface area contributed by atoms with Gasteiger partial charge in [0.05, 0.1) is 35.6 Å². The first-order valence-corrected chi connectivity index (χ1v) is 10.2. The Balaban J connectivity index is 1.90. The van der Waals surface area contributed by atoms with Gasteiger partial charge in [-0.25, -0.2) is 0 Å². The second-order valence-electron chi connectivity index (χ2n) is 7.47.